The van der Waals surface area contributed by atoms with Gasteiger partial charge in [-0.1, -0.05) is 18.2 Å². The average molecular weight is 370 g/mol. The molecule has 2 nitrogen and oxygen atoms in total. The Morgan fingerprint density at radius 2 is 2.05 bits per heavy atom. The van der Waals surface area contributed by atoms with Crippen molar-refractivity contribution in [1.82, 2.24) is 5.32 Å². The number of thioether (sulfide) groups is 1. The summed E-state index contributed by atoms with van der Waals surface area (Å²) in [6, 6.07) is 12.9. The summed E-state index contributed by atoms with van der Waals surface area (Å²) in [6.45, 7) is 0. The van der Waals surface area contributed by atoms with E-state index in [-0.39, 0.29) is 11.9 Å². The second-order valence-electron chi connectivity index (χ2n) is 4.47. The predicted molar refractivity (Wildman–Crippen MR) is 89.6 cm³/mol. The topological polar surface area (TPSA) is 21.3 Å². The number of methoxy groups -OCH3 is 1. The van der Waals surface area contributed by atoms with Gasteiger partial charge < -0.3 is 10.1 Å². The SMILES string of the molecule is CNC(CSc1ccccc1Br)c1ccc(OC)cc1F. The van der Waals surface area contributed by atoms with E-state index in [2.05, 4.69) is 21.2 Å². The lowest BCUT2D eigenvalue weighted by Crippen LogP contribution is -2.20. The number of benzene rings is 2. The van der Waals surface area contributed by atoms with Gasteiger partial charge in [0.2, 0.25) is 0 Å². The molecule has 0 saturated heterocycles. The van der Waals surface area contributed by atoms with Crippen LogP contribution in [-0.2, 0) is 0 Å². The normalized spacial score (nSPS) is 12.2. The maximum Gasteiger partial charge on any atom is 0.131 e. The van der Waals surface area contributed by atoms with Gasteiger partial charge in [0, 0.05) is 32.8 Å². The first-order valence-electron chi connectivity index (χ1n) is 6.53. The molecule has 1 N–H and O–H groups in total. The lowest BCUT2D eigenvalue weighted by molar-refractivity contribution is 0.410. The van der Waals surface area contributed by atoms with Gasteiger partial charge in [-0.2, -0.15) is 0 Å². The molecule has 0 bridgehead atoms. The smallest absolute Gasteiger partial charge is 0.131 e. The molecule has 0 radical (unpaired) electrons. The molecule has 5 heteroatoms. The van der Waals surface area contributed by atoms with Gasteiger partial charge in [0.1, 0.15) is 11.6 Å². The molecule has 0 aliphatic rings. The molecule has 0 fully saturated rings. The zero-order valence-electron chi connectivity index (χ0n) is 11.9. The number of nitrogens with one attached hydrogen (secondary N) is 1. The molecular formula is C16H17BrFNOS. The largest absolute Gasteiger partial charge is 0.497 e. The fourth-order valence-corrected chi connectivity index (χ4v) is 3.68. The predicted octanol–water partition coefficient (Wildman–Crippen LogP) is 4.65. The molecule has 2 rings (SSSR count). The van der Waals surface area contributed by atoms with Crippen LogP contribution in [-0.4, -0.2) is 19.9 Å². The Morgan fingerprint density at radius 3 is 2.67 bits per heavy atom. The Kier molecular flexibility index (Phi) is 6.08. The van der Waals surface area contributed by atoms with E-state index in [1.54, 1.807) is 23.9 Å². The highest BCUT2D eigenvalue weighted by atomic mass is 79.9. The number of rotatable bonds is 6. The van der Waals surface area contributed by atoms with Crippen LogP contribution in [0.5, 0.6) is 5.75 Å². The summed E-state index contributed by atoms with van der Waals surface area (Å²) in [7, 11) is 3.38. The number of hydrogen-bond acceptors (Lipinski definition) is 3. The zero-order valence-corrected chi connectivity index (χ0v) is 14.3. The van der Waals surface area contributed by atoms with Gasteiger partial charge in [-0.15, -0.1) is 11.8 Å². The van der Waals surface area contributed by atoms with Crippen molar-refractivity contribution >= 4 is 27.7 Å². The van der Waals surface area contributed by atoms with E-state index in [1.165, 1.54) is 13.2 Å². The minimum Gasteiger partial charge on any atom is -0.497 e. The third-order valence-electron chi connectivity index (χ3n) is 3.17. The van der Waals surface area contributed by atoms with E-state index < -0.39 is 0 Å². The van der Waals surface area contributed by atoms with Gasteiger partial charge >= 0.3 is 0 Å². The van der Waals surface area contributed by atoms with Crippen molar-refractivity contribution in [3.8, 4) is 5.75 Å². The summed E-state index contributed by atoms with van der Waals surface area (Å²) >= 11 is 5.21. The van der Waals surface area contributed by atoms with Crippen molar-refractivity contribution < 1.29 is 9.13 Å². The van der Waals surface area contributed by atoms with Crippen molar-refractivity contribution in [3.05, 3.63) is 58.3 Å². The second kappa shape index (κ2) is 7.82. The van der Waals surface area contributed by atoms with Crippen LogP contribution in [0.25, 0.3) is 0 Å². The van der Waals surface area contributed by atoms with Crippen LogP contribution in [0.4, 0.5) is 4.39 Å². The first kappa shape index (κ1) is 16.3. The lowest BCUT2D eigenvalue weighted by atomic mass is 10.1. The van der Waals surface area contributed by atoms with Gasteiger partial charge in [0.25, 0.3) is 0 Å². The Labute approximate surface area is 137 Å². The quantitative estimate of drug-likeness (QED) is 0.748. The molecule has 1 atom stereocenters. The minimum atomic E-state index is -0.249. The molecular weight excluding hydrogens is 353 g/mol. The minimum absolute atomic E-state index is 0.0620. The third kappa shape index (κ3) is 4.22. The lowest BCUT2D eigenvalue weighted by Gasteiger charge is -2.18. The first-order chi connectivity index (χ1) is 10.2. The van der Waals surface area contributed by atoms with E-state index >= 15 is 0 Å². The molecule has 112 valence electrons. The fraction of sp³-hybridized carbons (Fsp3) is 0.250. The molecule has 0 saturated carbocycles. The molecule has 2 aromatic carbocycles. The Morgan fingerprint density at radius 1 is 1.29 bits per heavy atom. The maximum atomic E-state index is 14.1. The van der Waals surface area contributed by atoms with E-state index in [4.69, 9.17) is 4.74 Å². The summed E-state index contributed by atoms with van der Waals surface area (Å²) in [5.41, 5.74) is 0.651. The van der Waals surface area contributed by atoms with Crippen molar-refractivity contribution in [2.24, 2.45) is 0 Å². The van der Waals surface area contributed by atoms with Gasteiger partial charge in [-0.3, -0.25) is 0 Å². The Hall–Kier alpha value is -1.04. The highest BCUT2D eigenvalue weighted by molar-refractivity contribution is 9.10. The van der Waals surface area contributed by atoms with E-state index in [1.807, 2.05) is 31.3 Å². The van der Waals surface area contributed by atoms with Gasteiger partial charge in [-0.05, 0) is 41.2 Å². The van der Waals surface area contributed by atoms with Crippen LogP contribution in [0.15, 0.2) is 51.8 Å². The first-order valence-corrected chi connectivity index (χ1v) is 8.31. The maximum absolute atomic E-state index is 14.1. The van der Waals surface area contributed by atoms with Gasteiger partial charge in [-0.25, -0.2) is 4.39 Å². The standard InChI is InChI=1S/C16H17BrFNOS/c1-19-15(10-21-16-6-4-3-5-13(16)17)12-8-7-11(20-2)9-14(12)18/h3-9,15,19H,10H2,1-2H3. The van der Waals surface area contributed by atoms with E-state index in [9.17, 15) is 4.39 Å². The highest BCUT2D eigenvalue weighted by Crippen LogP contribution is 2.31. The molecule has 0 spiro atoms. The second-order valence-corrected chi connectivity index (χ2v) is 6.39. The monoisotopic (exact) mass is 369 g/mol. The number of ether oxygens (including phenoxy) is 1. The molecule has 1 unspecified atom stereocenters. The van der Waals surface area contributed by atoms with Crippen LogP contribution in [0.1, 0.15) is 11.6 Å². The molecule has 0 aliphatic heterocycles. The van der Waals surface area contributed by atoms with Gasteiger partial charge in [0.05, 0.1) is 7.11 Å². The van der Waals surface area contributed by atoms with E-state index in [0.717, 1.165) is 15.1 Å². The van der Waals surface area contributed by atoms with Crippen LogP contribution in [0.2, 0.25) is 0 Å². The molecule has 0 aromatic heterocycles. The van der Waals surface area contributed by atoms with Crippen LogP contribution < -0.4 is 10.1 Å². The molecule has 0 heterocycles. The zero-order chi connectivity index (χ0) is 15.2. The van der Waals surface area contributed by atoms with Crippen LogP contribution in [0.3, 0.4) is 0 Å². The van der Waals surface area contributed by atoms with Crippen LogP contribution in [0, 0.1) is 5.82 Å². The van der Waals surface area contributed by atoms with Crippen molar-refractivity contribution in [2.45, 2.75) is 10.9 Å². The van der Waals surface area contributed by atoms with Crippen molar-refractivity contribution in [1.29, 1.82) is 0 Å². The third-order valence-corrected chi connectivity index (χ3v) is 5.29. The van der Waals surface area contributed by atoms with Crippen molar-refractivity contribution in [2.75, 3.05) is 19.9 Å². The van der Waals surface area contributed by atoms with E-state index in [0.29, 0.717) is 11.3 Å². The average Bonchev–Trinajstić information content (AvgIpc) is 2.50. The molecule has 0 amide bonds. The molecule has 2 aromatic rings. The molecule has 0 aliphatic carbocycles. The van der Waals surface area contributed by atoms with Crippen molar-refractivity contribution in [3.63, 3.8) is 0 Å². The Bertz CT molecular complexity index is 609. The van der Waals surface area contributed by atoms with Gasteiger partial charge in [0.15, 0.2) is 0 Å². The van der Waals surface area contributed by atoms with Crippen LogP contribution >= 0.6 is 27.7 Å². The summed E-state index contributed by atoms with van der Waals surface area (Å²) in [5, 5.41) is 3.17. The molecule has 21 heavy (non-hydrogen) atoms. The fourth-order valence-electron chi connectivity index (χ4n) is 1.98. The summed E-state index contributed by atoms with van der Waals surface area (Å²) in [5.74, 6) is 1.02. The number of halogens is 2. The number of hydrogen-bond donors (Lipinski definition) is 1. The summed E-state index contributed by atoms with van der Waals surface area (Å²) < 4.78 is 20.2. The Balaban J connectivity index is 2.11. The summed E-state index contributed by atoms with van der Waals surface area (Å²) in [6.07, 6.45) is 0. The summed E-state index contributed by atoms with van der Waals surface area (Å²) in [4.78, 5) is 1.15. The highest BCUT2D eigenvalue weighted by Gasteiger charge is 2.15.